The van der Waals surface area contributed by atoms with Crippen LogP contribution in [0.3, 0.4) is 0 Å². The highest BCUT2D eigenvalue weighted by molar-refractivity contribution is 5.91. The molecular formula is C14H8F2N2. The van der Waals surface area contributed by atoms with Crippen LogP contribution in [-0.4, -0.2) is 9.97 Å². The van der Waals surface area contributed by atoms with Gasteiger partial charge in [-0.25, -0.2) is 18.7 Å². The van der Waals surface area contributed by atoms with Crippen LogP contribution in [0, 0.1) is 11.6 Å². The lowest BCUT2D eigenvalue weighted by Crippen LogP contribution is -1.92. The molecule has 0 amide bonds. The van der Waals surface area contributed by atoms with E-state index in [0.717, 1.165) is 17.0 Å². The van der Waals surface area contributed by atoms with Crippen molar-refractivity contribution in [1.82, 2.24) is 9.97 Å². The molecule has 4 heteroatoms. The Balaban J connectivity index is 2.31. The van der Waals surface area contributed by atoms with Gasteiger partial charge in [-0.05, 0) is 18.2 Å². The Morgan fingerprint density at radius 2 is 1.72 bits per heavy atom. The minimum absolute atomic E-state index is 0.273. The number of fused-ring (bicyclic) bond motifs is 1. The summed E-state index contributed by atoms with van der Waals surface area (Å²) >= 11 is 0. The van der Waals surface area contributed by atoms with E-state index < -0.39 is 11.6 Å². The first kappa shape index (κ1) is 10.8. The van der Waals surface area contributed by atoms with Crippen molar-refractivity contribution < 1.29 is 8.78 Å². The molecule has 1 aromatic heterocycles. The first-order valence-corrected chi connectivity index (χ1v) is 5.41. The van der Waals surface area contributed by atoms with Crippen molar-refractivity contribution in [2.24, 2.45) is 0 Å². The van der Waals surface area contributed by atoms with Gasteiger partial charge in [0.05, 0.1) is 11.2 Å². The normalized spacial score (nSPS) is 10.8. The maximum Gasteiger partial charge on any atom is 0.135 e. The van der Waals surface area contributed by atoms with Gasteiger partial charge in [0.15, 0.2) is 0 Å². The van der Waals surface area contributed by atoms with Crippen LogP contribution in [0.5, 0.6) is 0 Å². The molecule has 1 heterocycles. The summed E-state index contributed by atoms with van der Waals surface area (Å²) in [6, 6.07) is 10.8. The maximum atomic E-state index is 13.8. The summed E-state index contributed by atoms with van der Waals surface area (Å²) in [5.74, 6) is -1.23. The van der Waals surface area contributed by atoms with E-state index in [1.165, 1.54) is 18.5 Å². The fourth-order valence-corrected chi connectivity index (χ4v) is 1.90. The third-order valence-corrected chi connectivity index (χ3v) is 2.73. The molecule has 0 saturated carbocycles. The lowest BCUT2D eigenvalue weighted by Gasteiger charge is -2.06. The molecule has 2 aromatic carbocycles. The molecule has 88 valence electrons. The van der Waals surface area contributed by atoms with E-state index in [1.807, 2.05) is 24.3 Å². The molecule has 0 N–H and O–H groups in total. The quantitative estimate of drug-likeness (QED) is 0.651. The number of rotatable bonds is 1. The predicted octanol–water partition coefficient (Wildman–Crippen LogP) is 3.58. The molecule has 0 aliphatic carbocycles. The summed E-state index contributed by atoms with van der Waals surface area (Å²) in [6.45, 7) is 0. The Labute approximate surface area is 102 Å². The second kappa shape index (κ2) is 4.14. The monoisotopic (exact) mass is 242 g/mol. The first-order valence-electron chi connectivity index (χ1n) is 5.41. The summed E-state index contributed by atoms with van der Waals surface area (Å²) in [4.78, 5) is 8.20. The van der Waals surface area contributed by atoms with Gasteiger partial charge in [0.25, 0.3) is 0 Å². The van der Waals surface area contributed by atoms with Crippen LogP contribution >= 0.6 is 0 Å². The van der Waals surface area contributed by atoms with Crippen LogP contribution in [0.4, 0.5) is 8.78 Å². The van der Waals surface area contributed by atoms with E-state index in [0.29, 0.717) is 5.69 Å². The lowest BCUT2D eigenvalue weighted by atomic mass is 10.1. The average molecular weight is 242 g/mol. The predicted molar refractivity (Wildman–Crippen MR) is 64.9 cm³/mol. The summed E-state index contributed by atoms with van der Waals surface area (Å²) < 4.78 is 26.7. The van der Waals surface area contributed by atoms with Gasteiger partial charge in [0.1, 0.15) is 18.0 Å². The van der Waals surface area contributed by atoms with Crippen molar-refractivity contribution in [1.29, 1.82) is 0 Å². The molecule has 18 heavy (non-hydrogen) atoms. The average Bonchev–Trinajstić information content (AvgIpc) is 2.38. The number of aromatic nitrogens is 2. The number of hydrogen-bond donors (Lipinski definition) is 0. The molecule has 0 fully saturated rings. The van der Waals surface area contributed by atoms with Crippen LogP contribution in [-0.2, 0) is 0 Å². The van der Waals surface area contributed by atoms with Gasteiger partial charge in [-0.15, -0.1) is 0 Å². The second-order valence-corrected chi connectivity index (χ2v) is 3.86. The van der Waals surface area contributed by atoms with Crippen molar-refractivity contribution in [3.8, 4) is 11.3 Å². The molecular weight excluding hydrogens is 234 g/mol. The lowest BCUT2D eigenvalue weighted by molar-refractivity contribution is 0.585. The van der Waals surface area contributed by atoms with Gasteiger partial charge in [-0.2, -0.15) is 0 Å². The van der Waals surface area contributed by atoms with Gasteiger partial charge in [0, 0.05) is 17.0 Å². The molecule has 0 bridgehead atoms. The van der Waals surface area contributed by atoms with Crippen LogP contribution in [0.15, 0.2) is 48.8 Å². The third kappa shape index (κ3) is 1.72. The molecule has 3 rings (SSSR count). The maximum absolute atomic E-state index is 13.8. The minimum Gasteiger partial charge on any atom is -0.236 e. The van der Waals surface area contributed by atoms with Crippen molar-refractivity contribution in [3.05, 3.63) is 60.4 Å². The molecule has 0 atom stereocenters. The van der Waals surface area contributed by atoms with Crippen LogP contribution in [0.1, 0.15) is 0 Å². The van der Waals surface area contributed by atoms with Gasteiger partial charge < -0.3 is 0 Å². The topological polar surface area (TPSA) is 25.8 Å². The van der Waals surface area contributed by atoms with Gasteiger partial charge >= 0.3 is 0 Å². The van der Waals surface area contributed by atoms with Crippen LogP contribution < -0.4 is 0 Å². The van der Waals surface area contributed by atoms with E-state index in [-0.39, 0.29) is 5.56 Å². The van der Waals surface area contributed by atoms with Gasteiger partial charge in [0.2, 0.25) is 0 Å². The summed E-state index contributed by atoms with van der Waals surface area (Å²) in [5.41, 5.74) is 1.47. The highest BCUT2D eigenvalue weighted by Crippen LogP contribution is 2.27. The Morgan fingerprint density at radius 1 is 0.889 bits per heavy atom. The molecule has 2 nitrogen and oxygen atoms in total. The largest absolute Gasteiger partial charge is 0.236 e. The Bertz CT molecular complexity index is 721. The van der Waals surface area contributed by atoms with Crippen molar-refractivity contribution in [3.63, 3.8) is 0 Å². The van der Waals surface area contributed by atoms with E-state index >= 15 is 0 Å². The summed E-state index contributed by atoms with van der Waals surface area (Å²) in [7, 11) is 0. The molecule has 0 saturated heterocycles. The molecule has 0 radical (unpaired) electrons. The Morgan fingerprint density at radius 3 is 2.56 bits per heavy atom. The number of hydrogen-bond acceptors (Lipinski definition) is 2. The highest BCUT2D eigenvalue weighted by Gasteiger charge is 2.11. The van der Waals surface area contributed by atoms with Gasteiger partial charge in [-0.3, -0.25) is 0 Å². The number of benzene rings is 2. The Hall–Kier alpha value is -2.36. The third-order valence-electron chi connectivity index (χ3n) is 2.73. The van der Waals surface area contributed by atoms with E-state index in [2.05, 4.69) is 9.97 Å². The zero-order valence-corrected chi connectivity index (χ0v) is 9.27. The minimum atomic E-state index is -0.626. The highest BCUT2D eigenvalue weighted by atomic mass is 19.1. The number of para-hydroxylation sites is 1. The molecule has 0 spiro atoms. The number of nitrogens with zero attached hydrogens (tertiary/aromatic N) is 2. The fourth-order valence-electron chi connectivity index (χ4n) is 1.90. The number of halogens is 2. The van der Waals surface area contributed by atoms with E-state index in [4.69, 9.17) is 0 Å². The zero-order chi connectivity index (χ0) is 12.5. The fraction of sp³-hybridized carbons (Fsp3) is 0. The smallest absolute Gasteiger partial charge is 0.135 e. The van der Waals surface area contributed by atoms with E-state index in [9.17, 15) is 8.78 Å². The van der Waals surface area contributed by atoms with Crippen LogP contribution in [0.25, 0.3) is 22.2 Å². The standard InChI is InChI=1S/C14H8F2N2/c15-9-5-6-10(12(16)7-9)14-11-3-1-2-4-13(11)17-8-18-14/h1-8H. The molecule has 0 unspecified atom stereocenters. The summed E-state index contributed by atoms with van der Waals surface area (Å²) in [5, 5.41) is 0.741. The SMILES string of the molecule is Fc1ccc(-c2ncnc3ccccc23)c(F)c1. The first-order chi connectivity index (χ1) is 8.75. The van der Waals surface area contributed by atoms with Crippen molar-refractivity contribution >= 4 is 10.9 Å². The van der Waals surface area contributed by atoms with Gasteiger partial charge in [-0.1, -0.05) is 18.2 Å². The Kier molecular flexibility index (Phi) is 2.48. The molecule has 0 aliphatic rings. The second-order valence-electron chi connectivity index (χ2n) is 3.86. The molecule has 0 aliphatic heterocycles. The van der Waals surface area contributed by atoms with E-state index in [1.54, 1.807) is 0 Å². The molecule has 3 aromatic rings. The van der Waals surface area contributed by atoms with Crippen molar-refractivity contribution in [2.75, 3.05) is 0 Å². The zero-order valence-electron chi connectivity index (χ0n) is 9.27. The van der Waals surface area contributed by atoms with Crippen LogP contribution in [0.2, 0.25) is 0 Å². The summed E-state index contributed by atoms with van der Waals surface area (Å²) in [6.07, 6.45) is 1.38. The van der Waals surface area contributed by atoms with Crippen molar-refractivity contribution in [2.45, 2.75) is 0 Å².